The van der Waals surface area contributed by atoms with Crippen LogP contribution in [-0.4, -0.2) is 6.26 Å². The van der Waals surface area contributed by atoms with E-state index in [9.17, 15) is 0 Å². The molecule has 0 amide bonds. The number of allylic oxidation sites excluding steroid dienone is 1. The van der Waals surface area contributed by atoms with E-state index in [1.807, 2.05) is 6.26 Å². The fourth-order valence-corrected chi connectivity index (χ4v) is 0.654. The van der Waals surface area contributed by atoms with Crippen molar-refractivity contribution in [3.63, 3.8) is 0 Å². The third-order valence-corrected chi connectivity index (χ3v) is 1.51. The second-order valence-electron chi connectivity index (χ2n) is 1.60. The van der Waals surface area contributed by atoms with Gasteiger partial charge in [0.2, 0.25) is 0 Å². The zero-order valence-corrected chi connectivity index (χ0v) is 6.29. The van der Waals surface area contributed by atoms with Crippen LogP contribution in [0.4, 0.5) is 0 Å². The largest absolute Gasteiger partial charge is 0.394 e. The predicted octanol–water partition coefficient (Wildman–Crippen LogP) is 1.95. The van der Waals surface area contributed by atoms with Crippen molar-refractivity contribution in [1.82, 2.24) is 0 Å². The molecule has 0 aliphatic rings. The lowest BCUT2D eigenvalue weighted by Crippen LogP contribution is -1.89. The topological polar surface area (TPSA) is 26.0 Å². The second kappa shape index (κ2) is 5.04. The van der Waals surface area contributed by atoms with Crippen LogP contribution in [0.2, 0.25) is 0 Å². The molecule has 0 radical (unpaired) electrons. The normalized spacial score (nSPS) is 12.0. The molecule has 0 heterocycles. The first kappa shape index (κ1) is 7.89. The summed E-state index contributed by atoms with van der Waals surface area (Å²) in [7, 11) is 0. The molecule has 48 valence electrons. The highest BCUT2D eigenvalue weighted by molar-refractivity contribution is 8.02. The Bertz CT molecular complexity index is 78.6. The number of unbranched alkanes of at least 4 members (excludes halogenated alkanes) is 1. The number of hydrogen-bond acceptors (Lipinski definition) is 2. The summed E-state index contributed by atoms with van der Waals surface area (Å²) < 4.78 is 0. The van der Waals surface area contributed by atoms with Crippen LogP contribution in [0.5, 0.6) is 0 Å². The van der Waals surface area contributed by atoms with Gasteiger partial charge in [0.05, 0.1) is 5.03 Å². The molecular formula is C6H13NS. The van der Waals surface area contributed by atoms with E-state index in [1.54, 1.807) is 11.8 Å². The van der Waals surface area contributed by atoms with Crippen molar-refractivity contribution in [3.05, 3.63) is 11.1 Å². The summed E-state index contributed by atoms with van der Waals surface area (Å²) >= 11 is 1.60. The van der Waals surface area contributed by atoms with Gasteiger partial charge in [-0.15, -0.1) is 11.8 Å². The Kier molecular flexibility index (Phi) is 4.97. The number of nitrogens with two attached hydrogens (primary N) is 1. The number of rotatable bonds is 3. The Morgan fingerprint density at radius 1 is 1.75 bits per heavy atom. The molecule has 0 saturated carbocycles. The lowest BCUT2D eigenvalue weighted by Gasteiger charge is -1.91. The van der Waals surface area contributed by atoms with Crippen LogP contribution < -0.4 is 5.73 Å². The van der Waals surface area contributed by atoms with Gasteiger partial charge >= 0.3 is 0 Å². The summed E-state index contributed by atoms with van der Waals surface area (Å²) in [4.78, 5) is 0. The van der Waals surface area contributed by atoms with Crippen LogP contribution in [-0.2, 0) is 0 Å². The summed E-state index contributed by atoms with van der Waals surface area (Å²) in [5.74, 6) is 0. The van der Waals surface area contributed by atoms with Gasteiger partial charge < -0.3 is 5.73 Å². The molecule has 0 bridgehead atoms. The maximum absolute atomic E-state index is 5.48. The molecule has 0 aromatic carbocycles. The summed E-state index contributed by atoms with van der Waals surface area (Å²) in [5, 5.41) is 0.937. The van der Waals surface area contributed by atoms with E-state index in [2.05, 4.69) is 13.0 Å². The molecule has 0 atom stereocenters. The first-order valence-electron chi connectivity index (χ1n) is 2.81. The van der Waals surface area contributed by atoms with Crippen molar-refractivity contribution >= 4 is 11.8 Å². The smallest absolute Gasteiger partial charge is 0.0611 e. The minimum Gasteiger partial charge on any atom is -0.394 e. The molecule has 0 rings (SSSR count). The molecule has 2 N–H and O–H groups in total. The fourth-order valence-electron chi connectivity index (χ4n) is 0.370. The van der Waals surface area contributed by atoms with Crippen molar-refractivity contribution in [1.29, 1.82) is 0 Å². The van der Waals surface area contributed by atoms with Gasteiger partial charge in [-0.1, -0.05) is 19.4 Å². The Labute approximate surface area is 55.3 Å². The monoisotopic (exact) mass is 131 g/mol. The quantitative estimate of drug-likeness (QED) is 0.633. The Morgan fingerprint density at radius 3 is 2.75 bits per heavy atom. The summed E-state index contributed by atoms with van der Waals surface area (Å²) in [6, 6.07) is 0. The van der Waals surface area contributed by atoms with E-state index in [0.717, 1.165) is 11.4 Å². The minimum absolute atomic E-state index is 0.937. The van der Waals surface area contributed by atoms with Gasteiger partial charge in [0, 0.05) is 0 Å². The zero-order valence-electron chi connectivity index (χ0n) is 5.48. The van der Waals surface area contributed by atoms with E-state index >= 15 is 0 Å². The summed E-state index contributed by atoms with van der Waals surface area (Å²) in [6.45, 7) is 2.14. The third kappa shape index (κ3) is 4.06. The molecule has 0 aliphatic heterocycles. The molecule has 0 saturated heterocycles. The average Bonchev–Trinajstić information content (AvgIpc) is 1.83. The minimum atomic E-state index is 0.937. The van der Waals surface area contributed by atoms with E-state index in [4.69, 9.17) is 5.73 Å². The highest BCUT2D eigenvalue weighted by atomic mass is 32.2. The SMILES string of the molecule is CCC/C=C(/N)SC. The van der Waals surface area contributed by atoms with Crippen LogP contribution in [0.15, 0.2) is 11.1 Å². The van der Waals surface area contributed by atoms with Crippen LogP contribution in [0.1, 0.15) is 19.8 Å². The van der Waals surface area contributed by atoms with Crippen LogP contribution in [0.25, 0.3) is 0 Å². The van der Waals surface area contributed by atoms with Gasteiger partial charge in [-0.2, -0.15) is 0 Å². The van der Waals surface area contributed by atoms with Crippen molar-refractivity contribution in [2.75, 3.05) is 6.26 Å². The molecule has 1 nitrogen and oxygen atoms in total. The zero-order chi connectivity index (χ0) is 6.41. The van der Waals surface area contributed by atoms with Crippen molar-refractivity contribution in [2.45, 2.75) is 19.8 Å². The van der Waals surface area contributed by atoms with Gasteiger partial charge in [-0.25, -0.2) is 0 Å². The molecule has 8 heavy (non-hydrogen) atoms. The van der Waals surface area contributed by atoms with Crippen molar-refractivity contribution in [3.8, 4) is 0 Å². The van der Waals surface area contributed by atoms with Crippen molar-refractivity contribution in [2.24, 2.45) is 5.73 Å². The molecular weight excluding hydrogens is 118 g/mol. The van der Waals surface area contributed by atoms with Crippen molar-refractivity contribution < 1.29 is 0 Å². The Hall–Kier alpha value is -0.110. The number of thioether (sulfide) groups is 1. The summed E-state index contributed by atoms with van der Waals surface area (Å²) in [6.07, 6.45) is 6.33. The highest BCUT2D eigenvalue weighted by Gasteiger charge is 1.80. The Balaban J connectivity index is 3.26. The molecule has 0 spiro atoms. The molecule has 0 aromatic rings. The van der Waals surface area contributed by atoms with E-state index in [1.165, 1.54) is 6.42 Å². The lowest BCUT2D eigenvalue weighted by molar-refractivity contribution is 0.954. The maximum atomic E-state index is 5.48. The average molecular weight is 131 g/mol. The van der Waals surface area contributed by atoms with Gasteiger partial charge in [0.1, 0.15) is 0 Å². The molecule has 0 aliphatic carbocycles. The standard InChI is InChI=1S/C6H13NS/c1-3-4-5-6(7)8-2/h5H,3-4,7H2,1-2H3/b6-5-. The second-order valence-corrected chi connectivity index (χ2v) is 2.48. The first-order valence-corrected chi connectivity index (χ1v) is 4.03. The van der Waals surface area contributed by atoms with Gasteiger partial charge in [0.15, 0.2) is 0 Å². The molecule has 0 fully saturated rings. The molecule has 0 unspecified atom stereocenters. The predicted molar refractivity (Wildman–Crippen MR) is 40.7 cm³/mol. The van der Waals surface area contributed by atoms with Gasteiger partial charge in [0.25, 0.3) is 0 Å². The van der Waals surface area contributed by atoms with Crippen LogP contribution in [0, 0.1) is 0 Å². The third-order valence-electron chi connectivity index (χ3n) is 0.870. The molecule has 0 aromatic heterocycles. The summed E-state index contributed by atoms with van der Waals surface area (Å²) in [5.41, 5.74) is 5.48. The van der Waals surface area contributed by atoms with Crippen LogP contribution in [0.3, 0.4) is 0 Å². The van der Waals surface area contributed by atoms with Crippen LogP contribution >= 0.6 is 11.8 Å². The highest BCUT2D eigenvalue weighted by Crippen LogP contribution is 2.04. The van der Waals surface area contributed by atoms with E-state index in [-0.39, 0.29) is 0 Å². The first-order chi connectivity index (χ1) is 3.81. The van der Waals surface area contributed by atoms with E-state index < -0.39 is 0 Å². The van der Waals surface area contributed by atoms with E-state index in [0.29, 0.717) is 0 Å². The van der Waals surface area contributed by atoms with Gasteiger partial charge in [-0.05, 0) is 12.7 Å². The fraction of sp³-hybridized carbons (Fsp3) is 0.667. The maximum Gasteiger partial charge on any atom is 0.0611 e. The van der Waals surface area contributed by atoms with Gasteiger partial charge in [-0.3, -0.25) is 0 Å². The lowest BCUT2D eigenvalue weighted by atomic mass is 10.3. The number of hydrogen-bond donors (Lipinski definition) is 1. The Morgan fingerprint density at radius 2 is 2.38 bits per heavy atom. The molecule has 2 heteroatoms.